The molecule has 0 bridgehead atoms. The van der Waals surface area contributed by atoms with E-state index in [4.69, 9.17) is 4.74 Å². The Morgan fingerprint density at radius 3 is 2.81 bits per heavy atom. The van der Waals surface area contributed by atoms with E-state index in [1.54, 1.807) is 7.11 Å². The van der Waals surface area contributed by atoms with Crippen molar-refractivity contribution < 1.29 is 4.74 Å². The first kappa shape index (κ1) is 23.0. The first-order valence-electron chi connectivity index (χ1n) is 9.51. The normalized spacial score (nSPS) is 18.1. The highest BCUT2D eigenvalue weighted by atomic mass is 127. The van der Waals surface area contributed by atoms with E-state index in [1.165, 1.54) is 45.3 Å². The molecule has 1 atom stereocenters. The van der Waals surface area contributed by atoms with Crippen LogP contribution in [0.1, 0.15) is 38.2 Å². The number of hydrogen-bond acceptors (Lipinski definition) is 3. The molecule has 0 saturated carbocycles. The third kappa shape index (κ3) is 8.12. The summed E-state index contributed by atoms with van der Waals surface area (Å²) < 4.78 is 5.38. The number of nitrogens with zero attached hydrogens (tertiary/aromatic N) is 2. The predicted octanol–water partition coefficient (Wildman–Crippen LogP) is 3.49. The zero-order chi connectivity index (χ0) is 17.9. The SMILES string of the molecule is CN=C(NCCCCN1CCCC(C)C1)NCc1ccccc1OC.I. The molecule has 2 N–H and O–H groups in total. The molecule has 148 valence electrons. The molecule has 2 rings (SSSR count). The zero-order valence-corrected chi connectivity index (χ0v) is 18.8. The van der Waals surface area contributed by atoms with Gasteiger partial charge in [0, 0.05) is 32.2 Å². The molecule has 1 saturated heterocycles. The molecule has 1 aromatic rings. The second kappa shape index (κ2) is 13.2. The minimum absolute atomic E-state index is 0. The quantitative estimate of drug-likeness (QED) is 0.262. The number of likely N-dealkylation sites (tertiary alicyclic amines) is 1. The highest BCUT2D eigenvalue weighted by molar-refractivity contribution is 14.0. The number of nitrogens with one attached hydrogen (secondary N) is 2. The zero-order valence-electron chi connectivity index (χ0n) is 16.5. The lowest BCUT2D eigenvalue weighted by molar-refractivity contribution is 0.181. The molecule has 0 aliphatic carbocycles. The number of benzene rings is 1. The smallest absolute Gasteiger partial charge is 0.191 e. The minimum atomic E-state index is 0. The number of aliphatic imine (C=N–C) groups is 1. The number of hydrogen-bond donors (Lipinski definition) is 2. The van der Waals surface area contributed by atoms with Gasteiger partial charge < -0.3 is 20.3 Å². The van der Waals surface area contributed by atoms with E-state index in [0.717, 1.165) is 29.7 Å². The Balaban J connectivity index is 0.00000338. The van der Waals surface area contributed by atoms with Crippen molar-refractivity contribution in [2.75, 3.05) is 40.3 Å². The maximum Gasteiger partial charge on any atom is 0.191 e. The van der Waals surface area contributed by atoms with Crippen LogP contribution >= 0.6 is 24.0 Å². The van der Waals surface area contributed by atoms with Gasteiger partial charge in [-0.25, -0.2) is 0 Å². The molecule has 1 unspecified atom stereocenters. The summed E-state index contributed by atoms with van der Waals surface area (Å²) in [7, 11) is 3.52. The van der Waals surface area contributed by atoms with E-state index in [2.05, 4.69) is 33.5 Å². The van der Waals surface area contributed by atoms with E-state index >= 15 is 0 Å². The van der Waals surface area contributed by atoms with Crippen molar-refractivity contribution in [3.05, 3.63) is 29.8 Å². The Kier molecular flexibility index (Phi) is 11.7. The lowest BCUT2D eigenvalue weighted by atomic mass is 10.0. The number of ether oxygens (including phenoxy) is 1. The van der Waals surface area contributed by atoms with Gasteiger partial charge in [-0.05, 0) is 50.8 Å². The maximum absolute atomic E-state index is 5.38. The first-order valence-corrected chi connectivity index (χ1v) is 9.51. The largest absolute Gasteiger partial charge is 0.496 e. The van der Waals surface area contributed by atoms with Gasteiger partial charge in [0.25, 0.3) is 0 Å². The lowest BCUT2D eigenvalue weighted by Crippen LogP contribution is -2.38. The van der Waals surface area contributed by atoms with Crippen LogP contribution in [0.15, 0.2) is 29.3 Å². The molecule has 0 amide bonds. The molecule has 1 aliphatic heterocycles. The van der Waals surface area contributed by atoms with E-state index < -0.39 is 0 Å². The molecule has 1 aliphatic rings. The van der Waals surface area contributed by atoms with Crippen molar-refractivity contribution in [3.63, 3.8) is 0 Å². The highest BCUT2D eigenvalue weighted by Crippen LogP contribution is 2.17. The Morgan fingerprint density at radius 1 is 1.27 bits per heavy atom. The molecule has 0 aromatic heterocycles. The topological polar surface area (TPSA) is 48.9 Å². The third-order valence-electron chi connectivity index (χ3n) is 4.80. The average molecular weight is 474 g/mol. The summed E-state index contributed by atoms with van der Waals surface area (Å²) in [5.74, 6) is 2.61. The lowest BCUT2D eigenvalue weighted by Gasteiger charge is -2.30. The van der Waals surface area contributed by atoms with Crippen LogP contribution in [-0.2, 0) is 6.54 Å². The van der Waals surface area contributed by atoms with Crippen LogP contribution in [0.5, 0.6) is 5.75 Å². The first-order chi connectivity index (χ1) is 12.2. The molecular formula is C20H35IN4O. The Hall–Kier alpha value is -1.02. The number of halogens is 1. The van der Waals surface area contributed by atoms with Gasteiger partial charge in [0.2, 0.25) is 0 Å². The van der Waals surface area contributed by atoms with Gasteiger partial charge in [-0.3, -0.25) is 4.99 Å². The number of unbranched alkanes of at least 4 members (excludes halogenated alkanes) is 1. The van der Waals surface area contributed by atoms with Crippen LogP contribution in [-0.4, -0.2) is 51.2 Å². The van der Waals surface area contributed by atoms with Crippen LogP contribution in [0, 0.1) is 5.92 Å². The van der Waals surface area contributed by atoms with E-state index in [9.17, 15) is 0 Å². The molecule has 1 aromatic carbocycles. The number of piperidine rings is 1. The number of guanidine groups is 1. The summed E-state index contributed by atoms with van der Waals surface area (Å²) in [6.07, 6.45) is 5.16. The van der Waals surface area contributed by atoms with Gasteiger partial charge in [0.1, 0.15) is 5.75 Å². The maximum atomic E-state index is 5.38. The molecule has 1 heterocycles. The van der Waals surface area contributed by atoms with Crippen molar-refractivity contribution in [1.82, 2.24) is 15.5 Å². The molecule has 0 radical (unpaired) electrons. The van der Waals surface area contributed by atoms with Crippen LogP contribution in [0.2, 0.25) is 0 Å². The monoisotopic (exact) mass is 474 g/mol. The van der Waals surface area contributed by atoms with Crippen molar-refractivity contribution in [1.29, 1.82) is 0 Å². The summed E-state index contributed by atoms with van der Waals surface area (Å²) in [6.45, 7) is 7.80. The molecular weight excluding hydrogens is 439 g/mol. The van der Waals surface area contributed by atoms with Crippen molar-refractivity contribution in [2.24, 2.45) is 10.9 Å². The fourth-order valence-corrected chi connectivity index (χ4v) is 3.41. The number of methoxy groups -OCH3 is 1. The van der Waals surface area contributed by atoms with Gasteiger partial charge in [0.15, 0.2) is 5.96 Å². The average Bonchev–Trinajstić information content (AvgIpc) is 2.64. The van der Waals surface area contributed by atoms with Crippen molar-refractivity contribution >= 4 is 29.9 Å². The fraction of sp³-hybridized carbons (Fsp3) is 0.650. The van der Waals surface area contributed by atoms with Crippen LogP contribution in [0.3, 0.4) is 0 Å². The Labute approximate surface area is 176 Å². The van der Waals surface area contributed by atoms with Crippen molar-refractivity contribution in [3.8, 4) is 5.75 Å². The Bertz CT molecular complexity index is 538. The second-order valence-electron chi connectivity index (χ2n) is 6.92. The van der Waals surface area contributed by atoms with Crippen LogP contribution in [0.4, 0.5) is 0 Å². The summed E-state index contributed by atoms with van der Waals surface area (Å²) in [4.78, 5) is 6.91. The minimum Gasteiger partial charge on any atom is -0.496 e. The fourth-order valence-electron chi connectivity index (χ4n) is 3.41. The van der Waals surface area contributed by atoms with Gasteiger partial charge in [-0.2, -0.15) is 0 Å². The summed E-state index contributed by atoms with van der Waals surface area (Å²) >= 11 is 0. The highest BCUT2D eigenvalue weighted by Gasteiger charge is 2.15. The van der Waals surface area contributed by atoms with Gasteiger partial charge in [0.05, 0.1) is 7.11 Å². The van der Waals surface area contributed by atoms with Crippen LogP contribution in [0.25, 0.3) is 0 Å². The number of para-hydroxylation sites is 1. The molecule has 26 heavy (non-hydrogen) atoms. The van der Waals surface area contributed by atoms with Crippen molar-refractivity contribution in [2.45, 2.75) is 39.2 Å². The van der Waals surface area contributed by atoms with Crippen LogP contribution < -0.4 is 15.4 Å². The predicted molar refractivity (Wildman–Crippen MR) is 121 cm³/mol. The summed E-state index contributed by atoms with van der Waals surface area (Å²) in [6, 6.07) is 8.06. The standard InChI is InChI=1S/C20H34N4O.HI/c1-17-9-8-14-24(16-17)13-7-6-12-22-20(21-2)23-15-18-10-4-5-11-19(18)25-3;/h4-5,10-11,17H,6-9,12-16H2,1-3H3,(H2,21,22,23);1H. The molecule has 0 spiro atoms. The van der Waals surface area contributed by atoms with Gasteiger partial charge >= 0.3 is 0 Å². The van der Waals surface area contributed by atoms with E-state index in [0.29, 0.717) is 6.54 Å². The van der Waals surface area contributed by atoms with Gasteiger partial charge in [-0.1, -0.05) is 25.1 Å². The van der Waals surface area contributed by atoms with E-state index in [-0.39, 0.29) is 24.0 Å². The number of rotatable bonds is 8. The molecule has 1 fully saturated rings. The van der Waals surface area contributed by atoms with Gasteiger partial charge in [-0.15, -0.1) is 24.0 Å². The summed E-state index contributed by atoms with van der Waals surface area (Å²) in [5.41, 5.74) is 1.13. The van der Waals surface area contributed by atoms with E-state index in [1.807, 2.05) is 25.2 Å². The third-order valence-corrected chi connectivity index (χ3v) is 4.80. The molecule has 6 heteroatoms. The summed E-state index contributed by atoms with van der Waals surface area (Å²) in [5, 5.41) is 6.76. The molecule has 5 nitrogen and oxygen atoms in total. The second-order valence-corrected chi connectivity index (χ2v) is 6.92. The Morgan fingerprint density at radius 2 is 2.08 bits per heavy atom.